The van der Waals surface area contributed by atoms with Gasteiger partial charge in [0.1, 0.15) is 5.75 Å². The predicted octanol–water partition coefficient (Wildman–Crippen LogP) is 2.62. The first-order valence-electron chi connectivity index (χ1n) is 5.86. The van der Waals surface area contributed by atoms with Gasteiger partial charge in [-0.15, -0.1) is 12.4 Å². The van der Waals surface area contributed by atoms with Gasteiger partial charge in [-0.25, -0.2) is 0 Å². The molecular formula is C13H18ClN3O2. The smallest absolute Gasteiger partial charge is 0.231 e. The highest BCUT2D eigenvalue weighted by Crippen LogP contribution is 2.28. The molecule has 0 spiro atoms. The summed E-state index contributed by atoms with van der Waals surface area (Å²) in [5.74, 6) is 1.82. The van der Waals surface area contributed by atoms with Crippen molar-refractivity contribution in [3.8, 4) is 17.1 Å². The van der Waals surface area contributed by atoms with E-state index in [1.807, 2.05) is 38.1 Å². The van der Waals surface area contributed by atoms with Crippen molar-refractivity contribution in [3.05, 3.63) is 30.2 Å². The summed E-state index contributed by atoms with van der Waals surface area (Å²) < 4.78 is 10.5. The van der Waals surface area contributed by atoms with Crippen LogP contribution in [0, 0.1) is 0 Å². The third-order valence-electron chi connectivity index (χ3n) is 2.97. The Morgan fingerprint density at radius 3 is 2.58 bits per heavy atom. The van der Waals surface area contributed by atoms with Crippen LogP contribution in [0.15, 0.2) is 28.8 Å². The number of aromatic nitrogens is 2. The predicted molar refractivity (Wildman–Crippen MR) is 75.6 cm³/mol. The highest BCUT2D eigenvalue weighted by molar-refractivity contribution is 5.85. The van der Waals surface area contributed by atoms with Crippen LogP contribution in [0.25, 0.3) is 11.4 Å². The van der Waals surface area contributed by atoms with Crippen LogP contribution in [0.1, 0.15) is 25.7 Å². The van der Waals surface area contributed by atoms with Crippen molar-refractivity contribution in [1.29, 1.82) is 0 Å². The lowest BCUT2D eigenvalue weighted by Crippen LogP contribution is -2.22. The van der Waals surface area contributed by atoms with Crippen molar-refractivity contribution in [1.82, 2.24) is 10.1 Å². The SMILES string of the molecule is COc1ccccc1-c1noc(C(C)C(C)N)n1.Cl. The van der Waals surface area contributed by atoms with Crippen molar-refractivity contribution in [2.45, 2.75) is 25.8 Å². The van der Waals surface area contributed by atoms with Gasteiger partial charge < -0.3 is 15.0 Å². The fourth-order valence-electron chi connectivity index (χ4n) is 1.58. The standard InChI is InChI=1S/C13H17N3O2.ClH/c1-8(9(2)14)13-15-12(16-18-13)10-6-4-5-7-11(10)17-3;/h4-9H,14H2,1-3H3;1H. The number of benzene rings is 1. The van der Waals surface area contributed by atoms with E-state index in [1.54, 1.807) is 7.11 Å². The molecule has 0 radical (unpaired) electrons. The van der Waals surface area contributed by atoms with Crippen molar-refractivity contribution >= 4 is 12.4 Å². The molecule has 0 bridgehead atoms. The number of hydrogen-bond acceptors (Lipinski definition) is 5. The van der Waals surface area contributed by atoms with Crippen molar-refractivity contribution in [3.63, 3.8) is 0 Å². The van der Waals surface area contributed by atoms with E-state index in [2.05, 4.69) is 10.1 Å². The van der Waals surface area contributed by atoms with E-state index in [0.717, 1.165) is 11.3 Å². The second kappa shape index (κ2) is 6.54. The molecule has 104 valence electrons. The van der Waals surface area contributed by atoms with Gasteiger partial charge in [-0.05, 0) is 19.1 Å². The van der Waals surface area contributed by atoms with Crippen LogP contribution in [0.3, 0.4) is 0 Å². The molecule has 2 rings (SSSR count). The topological polar surface area (TPSA) is 74.2 Å². The Morgan fingerprint density at radius 2 is 1.95 bits per heavy atom. The van der Waals surface area contributed by atoms with Crippen LogP contribution in [-0.2, 0) is 0 Å². The Bertz CT molecular complexity index is 528. The molecule has 0 saturated carbocycles. The number of hydrogen-bond donors (Lipinski definition) is 1. The minimum Gasteiger partial charge on any atom is -0.496 e. The fourth-order valence-corrected chi connectivity index (χ4v) is 1.58. The van der Waals surface area contributed by atoms with E-state index >= 15 is 0 Å². The minimum atomic E-state index is -0.0315. The summed E-state index contributed by atoms with van der Waals surface area (Å²) in [5, 5.41) is 3.98. The Kier molecular flexibility index (Phi) is 5.32. The third-order valence-corrected chi connectivity index (χ3v) is 2.97. The molecule has 2 atom stereocenters. The molecule has 1 heterocycles. The first kappa shape index (κ1) is 15.5. The third kappa shape index (κ3) is 3.24. The molecule has 5 nitrogen and oxygen atoms in total. The Morgan fingerprint density at radius 1 is 1.26 bits per heavy atom. The van der Waals surface area contributed by atoms with E-state index in [0.29, 0.717) is 11.7 Å². The average Bonchev–Trinajstić information content (AvgIpc) is 2.87. The molecule has 0 aliphatic carbocycles. The minimum absolute atomic E-state index is 0. The Balaban J connectivity index is 0.00000180. The zero-order valence-electron chi connectivity index (χ0n) is 11.2. The molecule has 1 aromatic carbocycles. The van der Waals surface area contributed by atoms with Gasteiger partial charge in [-0.1, -0.05) is 24.2 Å². The fraction of sp³-hybridized carbons (Fsp3) is 0.385. The monoisotopic (exact) mass is 283 g/mol. The van der Waals surface area contributed by atoms with Crippen LogP contribution in [0.4, 0.5) is 0 Å². The van der Waals surface area contributed by atoms with E-state index in [1.165, 1.54) is 0 Å². The summed E-state index contributed by atoms with van der Waals surface area (Å²) in [6, 6.07) is 7.53. The lowest BCUT2D eigenvalue weighted by Gasteiger charge is -2.09. The molecule has 0 aliphatic rings. The van der Waals surface area contributed by atoms with Crippen molar-refractivity contribution in [2.75, 3.05) is 7.11 Å². The zero-order chi connectivity index (χ0) is 13.1. The van der Waals surface area contributed by atoms with Gasteiger partial charge in [0.05, 0.1) is 18.6 Å². The van der Waals surface area contributed by atoms with Gasteiger partial charge >= 0.3 is 0 Å². The molecule has 6 heteroatoms. The highest BCUT2D eigenvalue weighted by atomic mass is 35.5. The maximum absolute atomic E-state index is 5.82. The van der Waals surface area contributed by atoms with Gasteiger partial charge in [0.2, 0.25) is 11.7 Å². The Hall–Kier alpha value is -1.59. The van der Waals surface area contributed by atoms with Crippen LogP contribution in [-0.4, -0.2) is 23.3 Å². The molecule has 19 heavy (non-hydrogen) atoms. The van der Waals surface area contributed by atoms with E-state index in [-0.39, 0.29) is 24.4 Å². The molecule has 2 aromatic rings. The number of halogens is 1. The lowest BCUT2D eigenvalue weighted by atomic mass is 10.1. The molecule has 1 aromatic heterocycles. The van der Waals surface area contributed by atoms with E-state index < -0.39 is 0 Å². The Labute approximate surface area is 118 Å². The maximum Gasteiger partial charge on any atom is 0.231 e. The van der Waals surface area contributed by atoms with Crippen molar-refractivity contribution < 1.29 is 9.26 Å². The number of ether oxygens (including phenoxy) is 1. The normalized spacial score (nSPS) is 13.5. The number of rotatable bonds is 4. The summed E-state index contributed by atoms with van der Waals surface area (Å²) in [4.78, 5) is 4.37. The second-order valence-corrected chi connectivity index (χ2v) is 4.30. The number of nitrogens with two attached hydrogens (primary N) is 1. The zero-order valence-corrected chi connectivity index (χ0v) is 12.0. The van der Waals surface area contributed by atoms with Crippen LogP contribution in [0.2, 0.25) is 0 Å². The molecule has 0 fully saturated rings. The molecule has 0 saturated heterocycles. The summed E-state index contributed by atoms with van der Waals surface area (Å²) in [6.07, 6.45) is 0. The second-order valence-electron chi connectivity index (χ2n) is 4.30. The van der Waals surface area contributed by atoms with Gasteiger partial charge in [-0.3, -0.25) is 0 Å². The van der Waals surface area contributed by atoms with Crippen LogP contribution < -0.4 is 10.5 Å². The average molecular weight is 284 g/mol. The summed E-state index contributed by atoms with van der Waals surface area (Å²) in [7, 11) is 1.62. The molecular weight excluding hydrogens is 266 g/mol. The maximum atomic E-state index is 5.82. The largest absolute Gasteiger partial charge is 0.496 e. The van der Waals surface area contributed by atoms with Gasteiger partial charge in [-0.2, -0.15) is 4.98 Å². The van der Waals surface area contributed by atoms with Crippen LogP contribution >= 0.6 is 12.4 Å². The van der Waals surface area contributed by atoms with E-state index in [9.17, 15) is 0 Å². The summed E-state index contributed by atoms with van der Waals surface area (Å²) in [6.45, 7) is 3.88. The number of para-hydroxylation sites is 1. The summed E-state index contributed by atoms with van der Waals surface area (Å²) in [5.41, 5.74) is 6.63. The number of nitrogens with zero attached hydrogens (tertiary/aromatic N) is 2. The quantitative estimate of drug-likeness (QED) is 0.933. The first-order valence-corrected chi connectivity index (χ1v) is 5.86. The lowest BCUT2D eigenvalue weighted by molar-refractivity contribution is 0.346. The van der Waals surface area contributed by atoms with Gasteiger partial charge in [0, 0.05) is 6.04 Å². The van der Waals surface area contributed by atoms with Crippen LogP contribution in [0.5, 0.6) is 5.75 Å². The molecule has 0 aliphatic heterocycles. The number of methoxy groups -OCH3 is 1. The first-order chi connectivity index (χ1) is 8.63. The van der Waals surface area contributed by atoms with Gasteiger partial charge in [0.15, 0.2) is 0 Å². The van der Waals surface area contributed by atoms with E-state index in [4.69, 9.17) is 15.0 Å². The summed E-state index contributed by atoms with van der Waals surface area (Å²) >= 11 is 0. The van der Waals surface area contributed by atoms with Gasteiger partial charge in [0.25, 0.3) is 0 Å². The molecule has 2 unspecified atom stereocenters. The molecule has 2 N–H and O–H groups in total. The highest BCUT2D eigenvalue weighted by Gasteiger charge is 2.19. The van der Waals surface area contributed by atoms with Crippen molar-refractivity contribution in [2.24, 2.45) is 5.73 Å². The molecule has 0 amide bonds.